The Morgan fingerprint density at radius 1 is 1.62 bits per heavy atom. The fourth-order valence-corrected chi connectivity index (χ4v) is 0.269. The van der Waals surface area contributed by atoms with Crippen molar-refractivity contribution in [1.29, 1.82) is 0 Å². The molecule has 0 spiro atoms. The third kappa shape index (κ3) is 3.61. The van der Waals surface area contributed by atoms with Crippen LogP contribution < -0.4 is 5.73 Å². The first-order valence-corrected chi connectivity index (χ1v) is 2.37. The lowest BCUT2D eigenvalue weighted by molar-refractivity contribution is -0.140. The maximum atomic E-state index is 10.3. The molecule has 3 heteroatoms. The molecule has 0 unspecified atom stereocenters. The second kappa shape index (κ2) is 3.43. The molecule has 0 heterocycles. The summed E-state index contributed by atoms with van der Waals surface area (Å²) < 4.78 is 4.55. The summed E-state index contributed by atoms with van der Waals surface area (Å²) in [5.41, 5.74) is 4.93. The van der Waals surface area contributed by atoms with Gasteiger partial charge in [0.25, 0.3) is 0 Å². The summed E-state index contributed by atoms with van der Waals surface area (Å²) >= 11 is 0. The minimum atomic E-state index is -0.384. The van der Waals surface area contributed by atoms with Crippen molar-refractivity contribution in [3.05, 3.63) is 6.10 Å². The molecule has 2 N–H and O–H groups in total. The first-order chi connectivity index (χ1) is 3.66. The summed E-state index contributed by atoms with van der Waals surface area (Å²) in [5.74, 6) is -0.384. The lowest BCUT2D eigenvalue weighted by Gasteiger charge is -2.02. The van der Waals surface area contributed by atoms with Crippen LogP contribution in [-0.4, -0.2) is 12.5 Å². The van der Waals surface area contributed by atoms with E-state index in [1.54, 1.807) is 13.8 Å². The van der Waals surface area contributed by atoms with Crippen LogP contribution in [0.4, 0.5) is 0 Å². The van der Waals surface area contributed by atoms with Gasteiger partial charge in [0.15, 0.2) is 0 Å². The normalized spacial score (nSPS) is 9.50. The van der Waals surface area contributed by atoms with Crippen LogP contribution in [0.15, 0.2) is 0 Å². The van der Waals surface area contributed by atoms with Crippen LogP contribution in [0.25, 0.3) is 0 Å². The zero-order valence-electron chi connectivity index (χ0n) is 5.10. The molecular formula is C5H10NO2. The van der Waals surface area contributed by atoms with Gasteiger partial charge in [0.2, 0.25) is 0 Å². The first kappa shape index (κ1) is 7.43. The predicted molar refractivity (Wildman–Crippen MR) is 29.7 cm³/mol. The molecule has 0 atom stereocenters. The average Bonchev–Trinajstić information content (AvgIpc) is 1.65. The van der Waals surface area contributed by atoms with Crippen molar-refractivity contribution in [3.63, 3.8) is 0 Å². The third-order valence-corrected chi connectivity index (χ3v) is 0.485. The topological polar surface area (TPSA) is 52.3 Å². The van der Waals surface area contributed by atoms with E-state index in [1.807, 2.05) is 0 Å². The van der Waals surface area contributed by atoms with Gasteiger partial charge >= 0.3 is 5.97 Å². The number of hydrogen-bond donors (Lipinski definition) is 1. The second-order valence-corrected chi connectivity index (χ2v) is 1.59. The standard InChI is InChI=1S/C5H10NO2/c1-4(2)8-5(7)3-6/h3,6H2,1-2H3. The van der Waals surface area contributed by atoms with Gasteiger partial charge in [-0.25, -0.2) is 0 Å². The molecule has 0 fully saturated rings. The minimum absolute atomic E-state index is 0.0504. The Morgan fingerprint density at radius 2 is 2.12 bits per heavy atom. The number of hydrogen-bond acceptors (Lipinski definition) is 3. The third-order valence-electron chi connectivity index (χ3n) is 0.485. The van der Waals surface area contributed by atoms with E-state index in [1.165, 1.54) is 0 Å². The van der Waals surface area contributed by atoms with Crippen molar-refractivity contribution in [1.82, 2.24) is 0 Å². The van der Waals surface area contributed by atoms with Crippen LogP contribution in [0, 0.1) is 6.10 Å². The number of rotatable bonds is 2. The van der Waals surface area contributed by atoms with E-state index in [0.717, 1.165) is 0 Å². The molecule has 0 amide bonds. The number of esters is 1. The number of ether oxygens (including phenoxy) is 1. The Hall–Kier alpha value is -0.570. The van der Waals surface area contributed by atoms with Gasteiger partial charge in [-0.2, -0.15) is 0 Å². The van der Waals surface area contributed by atoms with Gasteiger partial charge in [0.1, 0.15) is 6.10 Å². The van der Waals surface area contributed by atoms with E-state index in [9.17, 15) is 4.79 Å². The Bertz CT molecular complexity index is 80.5. The maximum absolute atomic E-state index is 10.3. The van der Waals surface area contributed by atoms with Crippen LogP contribution in [0.5, 0.6) is 0 Å². The summed E-state index contributed by atoms with van der Waals surface area (Å²) in [6.07, 6.45) is 0.625. The monoisotopic (exact) mass is 116 g/mol. The Morgan fingerprint density at radius 3 is 2.25 bits per heavy atom. The van der Waals surface area contributed by atoms with E-state index < -0.39 is 0 Å². The fraction of sp³-hybridized carbons (Fsp3) is 0.600. The van der Waals surface area contributed by atoms with Gasteiger partial charge < -0.3 is 10.5 Å². The molecule has 0 rings (SSSR count). The molecule has 0 aromatic carbocycles. The molecule has 0 aromatic heterocycles. The van der Waals surface area contributed by atoms with Gasteiger partial charge in [0, 0.05) is 0 Å². The van der Waals surface area contributed by atoms with Gasteiger partial charge in [-0.1, -0.05) is 0 Å². The summed E-state index contributed by atoms with van der Waals surface area (Å²) in [5, 5.41) is 0. The molecule has 0 aliphatic carbocycles. The molecule has 0 bridgehead atoms. The molecule has 3 nitrogen and oxygen atoms in total. The van der Waals surface area contributed by atoms with Crippen LogP contribution in [0.1, 0.15) is 13.8 Å². The minimum Gasteiger partial charge on any atom is -0.454 e. The first-order valence-electron chi connectivity index (χ1n) is 2.37. The van der Waals surface area contributed by atoms with Crippen LogP contribution in [0.3, 0.4) is 0 Å². The highest BCUT2D eigenvalue weighted by atomic mass is 16.5. The van der Waals surface area contributed by atoms with Gasteiger partial charge in [-0.05, 0) is 13.8 Å². The van der Waals surface area contributed by atoms with Crippen LogP contribution in [-0.2, 0) is 9.53 Å². The average molecular weight is 116 g/mol. The highest BCUT2D eigenvalue weighted by molar-refractivity contribution is 5.71. The molecule has 8 heavy (non-hydrogen) atoms. The van der Waals surface area contributed by atoms with E-state index in [0.29, 0.717) is 6.10 Å². The predicted octanol–water partition coefficient (Wildman–Crippen LogP) is 0.0601. The van der Waals surface area contributed by atoms with Gasteiger partial charge in [0.05, 0.1) is 6.54 Å². The molecule has 1 radical (unpaired) electrons. The second-order valence-electron chi connectivity index (χ2n) is 1.59. The highest BCUT2D eigenvalue weighted by Gasteiger charge is 2.00. The zero-order chi connectivity index (χ0) is 6.57. The van der Waals surface area contributed by atoms with Gasteiger partial charge in [-0.15, -0.1) is 0 Å². The van der Waals surface area contributed by atoms with E-state index in [2.05, 4.69) is 4.74 Å². The van der Waals surface area contributed by atoms with Crippen molar-refractivity contribution in [2.75, 3.05) is 6.54 Å². The summed E-state index contributed by atoms with van der Waals surface area (Å²) in [6, 6.07) is 0. The molecule has 47 valence electrons. The summed E-state index contributed by atoms with van der Waals surface area (Å²) in [7, 11) is 0. The fourth-order valence-electron chi connectivity index (χ4n) is 0.269. The van der Waals surface area contributed by atoms with E-state index in [-0.39, 0.29) is 12.5 Å². The smallest absolute Gasteiger partial charge is 0.320 e. The van der Waals surface area contributed by atoms with Gasteiger partial charge in [-0.3, -0.25) is 4.79 Å². The quantitative estimate of drug-likeness (QED) is 0.519. The Kier molecular flexibility index (Phi) is 3.19. The molecule has 0 aliphatic heterocycles. The number of carbonyl (C=O) groups is 1. The number of nitrogens with two attached hydrogens (primary N) is 1. The molecule has 0 aromatic rings. The maximum Gasteiger partial charge on any atom is 0.320 e. The highest BCUT2D eigenvalue weighted by Crippen LogP contribution is 1.95. The van der Waals surface area contributed by atoms with E-state index >= 15 is 0 Å². The number of carbonyl (C=O) groups excluding carboxylic acids is 1. The lowest BCUT2D eigenvalue weighted by atomic mass is 10.5. The van der Waals surface area contributed by atoms with Crippen molar-refractivity contribution in [3.8, 4) is 0 Å². The van der Waals surface area contributed by atoms with Crippen LogP contribution in [0.2, 0.25) is 0 Å². The molecule has 0 saturated heterocycles. The zero-order valence-corrected chi connectivity index (χ0v) is 5.10. The lowest BCUT2D eigenvalue weighted by Crippen LogP contribution is -2.17. The molecular weight excluding hydrogens is 106 g/mol. The summed E-state index contributed by atoms with van der Waals surface area (Å²) in [4.78, 5) is 10.3. The molecule has 0 saturated carbocycles. The van der Waals surface area contributed by atoms with Crippen molar-refractivity contribution < 1.29 is 9.53 Å². The summed E-state index contributed by atoms with van der Waals surface area (Å²) in [6.45, 7) is 3.35. The molecule has 0 aliphatic rings. The Balaban J connectivity index is 3.25. The van der Waals surface area contributed by atoms with Crippen molar-refractivity contribution in [2.45, 2.75) is 13.8 Å². The Labute approximate surface area is 48.8 Å². The largest absolute Gasteiger partial charge is 0.454 e. The SMILES string of the molecule is C[C](C)OC(=O)CN. The van der Waals surface area contributed by atoms with Crippen molar-refractivity contribution in [2.24, 2.45) is 5.73 Å². The van der Waals surface area contributed by atoms with Crippen molar-refractivity contribution >= 4 is 5.97 Å². The van der Waals surface area contributed by atoms with Crippen LogP contribution >= 0.6 is 0 Å². The van der Waals surface area contributed by atoms with E-state index in [4.69, 9.17) is 5.73 Å².